The standard InChI is InChI=1S/C12H15N3/c1-10(12-7-8-14-15-12)13-9-11-5-3-2-4-6-11/h2-8,10,13H,9H2,1H3,(H,14,15)/t10-/m1/s1. The Bertz CT molecular complexity index is 381. The Labute approximate surface area is 89.5 Å². The van der Waals surface area contributed by atoms with Crippen molar-refractivity contribution < 1.29 is 0 Å². The van der Waals surface area contributed by atoms with Crippen molar-refractivity contribution in [2.24, 2.45) is 0 Å². The first-order chi connectivity index (χ1) is 7.36. The third-order valence-corrected chi connectivity index (χ3v) is 2.44. The van der Waals surface area contributed by atoms with Crippen LogP contribution in [0.1, 0.15) is 24.2 Å². The molecule has 0 saturated heterocycles. The van der Waals surface area contributed by atoms with Gasteiger partial charge in [0, 0.05) is 18.8 Å². The van der Waals surface area contributed by atoms with E-state index in [-0.39, 0.29) is 0 Å². The minimum Gasteiger partial charge on any atom is -0.305 e. The van der Waals surface area contributed by atoms with E-state index in [0.717, 1.165) is 12.2 Å². The second-order valence-corrected chi connectivity index (χ2v) is 3.60. The largest absolute Gasteiger partial charge is 0.305 e. The first-order valence-corrected chi connectivity index (χ1v) is 5.13. The van der Waals surface area contributed by atoms with Gasteiger partial charge >= 0.3 is 0 Å². The summed E-state index contributed by atoms with van der Waals surface area (Å²) in [6.45, 7) is 3.00. The van der Waals surface area contributed by atoms with Crippen molar-refractivity contribution >= 4 is 0 Å². The van der Waals surface area contributed by atoms with Crippen LogP contribution in [0.4, 0.5) is 0 Å². The summed E-state index contributed by atoms with van der Waals surface area (Å²) in [5.41, 5.74) is 2.41. The number of aromatic nitrogens is 2. The van der Waals surface area contributed by atoms with Crippen molar-refractivity contribution in [3.63, 3.8) is 0 Å². The highest BCUT2D eigenvalue weighted by Gasteiger charge is 2.04. The summed E-state index contributed by atoms with van der Waals surface area (Å²) < 4.78 is 0. The summed E-state index contributed by atoms with van der Waals surface area (Å²) in [7, 11) is 0. The lowest BCUT2D eigenvalue weighted by molar-refractivity contribution is 0.560. The van der Waals surface area contributed by atoms with Crippen LogP contribution in [-0.4, -0.2) is 10.2 Å². The molecule has 0 radical (unpaired) electrons. The van der Waals surface area contributed by atoms with Crippen LogP contribution in [0, 0.1) is 0 Å². The van der Waals surface area contributed by atoms with Gasteiger partial charge in [-0.25, -0.2) is 0 Å². The number of rotatable bonds is 4. The molecule has 0 aliphatic heterocycles. The summed E-state index contributed by atoms with van der Waals surface area (Å²) in [4.78, 5) is 0. The maximum atomic E-state index is 3.93. The van der Waals surface area contributed by atoms with Crippen molar-refractivity contribution in [2.75, 3.05) is 0 Å². The van der Waals surface area contributed by atoms with Gasteiger partial charge in [-0.05, 0) is 18.6 Å². The van der Waals surface area contributed by atoms with Crippen molar-refractivity contribution in [3.8, 4) is 0 Å². The van der Waals surface area contributed by atoms with E-state index < -0.39 is 0 Å². The van der Waals surface area contributed by atoms with Crippen molar-refractivity contribution in [2.45, 2.75) is 19.5 Å². The zero-order valence-electron chi connectivity index (χ0n) is 8.77. The molecule has 0 unspecified atom stereocenters. The summed E-state index contributed by atoms with van der Waals surface area (Å²) in [5, 5.41) is 10.3. The molecule has 1 heterocycles. The van der Waals surface area contributed by atoms with E-state index in [0.29, 0.717) is 6.04 Å². The maximum Gasteiger partial charge on any atom is 0.0518 e. The van der Waals surface area contributed by atoms with E-state index in [4.69, 9.17) is 0 Å². The molecule has 2 N–H and O–H groups in total. The van der Waals surface area contributed by atoms with Crippen LogP contribution < -0.4 is 5.32 Å². The molecule has 0 bridgehead atoms. The van der Waals surface area contributed by atoms with E-state index in [1.54, 1.807) is 6.20 Å². The third kappa shape index (κ3) is 2.67. The third-order valence-electron chi connectivity index (χ3n) is 2.44. The summed E-state index contributed by atoms with van der Waals surface area (Å²) in [6, 6.07) is 12.7. The summed E-state index contributed by atoms with van der Waals surface area (Å²) >= 11 is 0. The molecule has 2 rings (SSSR count). The lowest BCUT2D eigenvalue weighted by Crippen LogP contribution is -2.18. The van der Waals surface area contributed by atoms with Crippen molar-refractivity contribution in [1.29, 1.82) is 0 Å². The van der Waals surface area contributed by atoms with E-state index in [1.165, 1.54) is 5.56 Å². The highest BCUT2D eigenvalue weighted by atomic mass is 15.1. The van der Waals surface area contributed by atoms with Gasteiger partial charge in [-0.15, -0.1) is 0 Å². The zero-order chi connectivity index (χ0) is 10.5. The van der Waals surface area contributed by atoms with E-state index in [1.807, 2.05) is 12.1 Å². The number of aromatic amines is 1. The SMILES string of the molecule is C[C@@H](NCc1ccccc1)c1ccn[nH]1. The molecule has 1 aromatic heterocycles. The molecule has 0 aliphatic carbocycles. The summed E-state index contributed by atoms with van der Waals surface area (Å²) in [6.07, 6.45) is 1.77. The van der Waals surface area contributed by atoms with E-state index >= 15 is 0 Å². The Morgan fingerprint density at radius 2 is 2.07 bits per heavy atom. The molecule has 0 fully saturated rings. The van der Waals surface area contributed by atoms with E-state index in [9.17, 15) is 0 Å². The van der Waals surface area contributed by atoms with Gasteiger partial charge in [-0.1, -0.05) is 30.3 Å². The molecule has 1 aromatic carbocycles. The lowest BCUT2D eigenvalue weighted by atomic mass is 10.2. The molecule has 1 atom stereocenters. The Kier molecular flexibility index (Phi) is 3.15. The topological polar surface area (TPSA) is 40.7 Å². The van der Waals surface area contributed by atoms with Gasteiger partial charge < -0.3 is 5.32 Å². The van der Waals surface area contributed by atoms with Gasteiger partial charge in [0.1, 0.15) is 0 Å². The molecule has 0 amide bonds. The number of H-pyrrole nitrogens is 1. The van der Waals surface area contributed by atoms with Crippen LogP contribution in [0.5, 0.6) is 0 Å². The molecular weight excluding hydrogens is 186 g/mol. The molecule has 0 spiro atoms. The van der Waals surface area contributed by atoms with Crippen LogP contribution in [0.25, 0.3) is 0 Å². The number of hydrogen-bond acceptors (Lipinski definition) is 2. The fourth-order valence-electron chi connectivity index (χ4n) is 1.48. The first-order valence-electron chi connectivity index (χ1n) is 5.13. The smallest absolute Gasteiger partial charge is 0.0518 e. The lowest BCUT2D eigenvalue weighted by Gasteiger charge is -2.11. The Morgan fingerprint density at radius 1 is 1.27 bits per heavy atom. The molecule has 78 valence electrons. The van der Waals surface area contributed by atoms with Gasteiger partial charge in [-0.2, -0.15) is 5.10 Å². The second kappa shape index (κ2) is 4.75. The van der Waals surface area contributed by atoms with Crippen LogP contribution in [-0.2, 0) is 6.54 Å². The van der Waals surface area contributed by atoms with Crippen molar-refractivity contribution in [1.82, 2.24) is 15.5 Å². The minimum atomic E-state index is 0.299. The Morgan fingerprint density at radius 3 is 2.73 bits per heavy atom. The molecule has 0 aliphatic rings. The highest BCUT2D eigenvalue weighted by Crippen LogP contribution is 2.08. The minimum absolute atomic E-state index is 0.299. The van der Waals surface area contributed by atoms with Crippen LogP contribution in [0.15, 0.2) is 42.6 Å². The van der Waals surface area contributed by atoms with Gasteiger partial charge in [0.15, 0.2) is 0 Å². The molecule has 15 heavy (non-hydrogen) atoms. The van der Waals surface area contributed by atoms with Crippen LogP contribution in [0.3, 0.4) is 0 Å². The van der Waals surface area contributed by atoms with Gasteiger partial charge in [-0.3, -0.25) is 5.10 Å². The van der Waals surface area contributed by atoms with Crippen LogP contribution >= 0.6 is 0 Å². The fraction of sp³-hybridized carbons (Fsp3) is 0.250. The number of nitrogens with one attached hydrogen (secondary N) is 2. The predicted molar refractivity (Wildman–Crippen MR) is 60.3 cm³/mol. The number of benzene rings is 1. The zero-order valence-corrected chi connectivity index (χ0v) is 8.77. The molecule has 2 aromatic rings. The molecule has 3 heteroatoms. The quantitative estimate of drug-likeness (QED) is 0.796. The monoisotopic (exact) mass is 201 g/mol. The van der Waals surface area contributed by atoms with Gasteiger partial charge in [0.05, 0.1) is 5.69 Å². The molecule has 3 nitrogen and oxygen atoms in total. The normalized spacial score (nSPS) is 12.6. The van der Waals surface area contributed by atoms with Crippen molar-refractivity contribution in [3.05, 3.63) is 53.9 Å². The summed E-state index contributed by atoms with van der Waals surface area (Å²) in [5.74, 6) is 0. The number of nitrogens with zero attached hydrogens (tertiary/aromatic N) is 1. The Balaban J connectivity index is 1.89. The fourth-order valence-corrected chi connectivity index (χ4v) is 1.48. The van der Waals surface area contributed by atoms with Gasteiger partial charge in [0.2, 0.25) is 0 Å². The Hall–Kier alpha value is -1.61. The molecular formula is C12H15N3. The van der Waals surface area contributed by atoms with Crippen LogP contribution in [0.2, 0.25) is 0 Å². The highest BCUT2D eigenvalue weighted by molar-refractivity contribution is 5.14. The number of hydrogen-bond donors (Lipinski definition) is 2. The second-order valence-electron chi connectivity index (χ2n) is 3.60. The predicted octanol–water partition coefficient (Wildman–Crippen LogP) is 2.26. The van der Waals surface area contributed by atoms with Gasteiger partial charge in [0.25, 0.3) is 0 Å². The van der Waals surface area contributed by atoms with E-state index in [2.05, 4.69) is 46.7 Å². The average molecular weight is 201 g/mol. The average Bonchev–Trinajstić information content (AvgIpc) is 2.81. The first kappa shape index (κ1) is 9.93. The maximum absolute atomic E-state index is 3.93. The molecule has 0 saturated carbocycles.